The van der Waals surface area contributed by atoms with Gasteiger partial charge in [-0.3, -0.25) is 4.57 Å². The van der Waals surface area contributed by atoms with Crippen LogP contribution < -0.4 is 0 Å². The van der Waals surface area contributed by atoms with Gasteiger partial charge in [0.2, 0.25) is 0 Å². The van der Waals surface area contributed by atoms with Gasteiger partial charge in [-0.05, 0) is 17.8 Å². The fourth-order valence-corrected chi connectivity index (χ4v) is 8.19. The normalized spacial score (nSPS) is 13.0. The Hall–Kier alpha value is 0.890. The predicted octanol–water partition coefficient (Wildman–Crippen LogP) is 5.55. The van der Waals surface area contributed by atoms with E-state index in [9.17, 15) is 4.57 Å². The van der Waals surface area contributed by atoms with Gasteiger partial charge in [0.05, 0.1) is 6.61 Å². The summed E-state index contributed by atoms with van der Waals surface area (Å²) in [7, 11) is 0. The molecule has 0 rings (SSSR count). The molecule has 0 atom stereocenters. The lowest BCUT2D eigenvalue weighted by Gasteiger charge is -2.20. The number of hydrogen-bond donors (Lipinski definition) is 0. The van der Waals surface area contributed by atoms with Crippen molar-refractivity contribution in [2.75, 3.05) is 18.1 Å². The monoisotopic (exact) mass is 298 g/mol. The Morgan fingerprint density at radius 1 is 0.882 bits per heavy atom. The van der Waals surface area contributed by atoms with E-state index < -0.39 is 5.77 Å². The van der Waals surface area contributed by atoms with Gasteiger partial charge in [-0.25, -0.2) is 0 Å². The molecule has 0 fully saturated rings. The standard InChI is InChI=1S/C12H27O2PS2/c1-10(2)7-14-15(13,16-8-11(3)4)17-9-12(5)6/h10-12H,7-9H2,1-6H3. The summed E-state index contributed by atoms with van der Waals surface area (Å²) in [4.78, 5) is 0. The van der Waals surface area contributed by atoms with Crippen LogP contribution in [0.2, 0.25) is 0 Å². The summed E-state index contributed by atoms with van der Waals surface area (Å²) in [6, 6.07) is 0. The second kappa shape index (κ2) is 8.90. The van der Waals surface area contributed by atoms with Crippen LogP contribution in [0, 0.1) is 17.8 Å². The van der Waals surface area contributed by atoms with Crippen molar-refractivity contribution in [3.05, 3.63) is 0 Å². The molecular formula is C12H27O2PS2. The topological polar surface area (TPSA) is 26.3 Å². The van der Waals surface area contributed by atoms with Crippen LogP contribution in [0.4, 0.5) is 0 Å². The Bertz CT molecular complexity index is 205. The maximum atomic E-state index is 12.6. The molecule has 104 valence electrons. The first-order valence-corrected chi connectivity index (χ1v) is 11.1. The summed E-state index contributed by atoms with van der Waals surface area (Å²) in [6.07, 6.45) is 0. The van der Waals surface area contributed by atoms with Gasteiger partial charge < -0.3 is 4.52 Å². The fourth-order valence-electron chi connectivity index (χ4n) is 0.833. The third-order valence-electron chi connectivity index (χ3n) is 1.70. The van der Waals surface area contributed by atoms with Crippen molar-refractivity contribution in [1.29, 1.82) is 0 Å². The third-order valence-corrected chi connectivity index (χ3v) is 9.75. The second-order valence-corrected chi connectivity index (χ2v) is 13.0. The van der Waals surface area contributed by atoms with E-state index in [1.54, 1.807) is 0 Å². The van der Waals surface area contributed by atoms with Crippen LogP contribution in [0.25, 0.3) is 0 Å². The molecule has 0 heterocycles. The van der Waals surface area contributed by atoms with Gasteiger partial charge in [0.1, 0.15) is 0 Å². The van der Waals surface area contributed by atoms with E-state index in [2.05, 4.69) is 41.5 Å². The Morgan fingerprint density at radius 3 is 1.59 bits per heavy atom. The lowest BCUT2D eigenvalue weighted by molar-refractivity contribution is 0.287. The third kappa shape index (κ3) is 10.5. The van der Waals surface area contributed by atoms with E-state index in [0.29, 0.717) is 24.4 Å². The van der Waals surface area contributed by atoms with Crippen LogP contribution in [-0.2, 0) is 9.09 Å². The minimum absolute atomic E-state index is 0.433. The van der Waals surface area contributed by atoms with Crippen molar-refractivity contribution in [1.82, 2.24) is 0 Å². The average Bonchev–Trinajstić information content (AvgIpc) is 2.21. The minimum Gasteiger partial charge on any atom is -0.313 e. The van der Waals surface area contributed by atoms with Crippen molar-refractivity contribution in [2.45, 2.75) is 41.5 Å². The number of rotatable bonds is 9. The molecule has 0 aliphatic carbocycles. The van der Waals surface area contributed by atoms with Gasteiger partial charge in [0.15, 0.2) is 0 Å². The van der Waals surface area contributed by atoms with Crippen molar-refractivity contribution in [3.63, 3.8) is 0 Å². The predicted molar refractivity (Wildman–Crippen MR) is 83.0 cm³/mol. The van der Waals surface area contributed by atoms with Gasteiger partial charge in [-0.1, -0.05) is 64.3 Å². The molecule has 0 saturated carbocycles. The summed E-state index contributed by atoms with van der Waals surface area (Å²) >= 11 is 3.02. The Balaban J connectivity index is 4.29. The average molecular weight is 298 g/mol. The molecule has 5 heteroatoms. The molecule has 0 aliphatic rings. The molecule has 17 heavy (non-hydrogen) atoms. The summed E-state index contributed by atoms with van der Waals surface area (Å²) in [5, 5.41) is 0. The zero-order chi connectivity index (χ0) is 13.5. The highest BCUT2D eigenvalue weighted by Crippen LogP contribution is 2.70. The maximum absolute atomic E-state index is 12.6. The molecule has 0 amide bonds. The van der Waals surface area contributed by atoms with Gasteiger partial charge >= 0.3 is 5.77 Å². The lowest BCUT2D eigenvalue weighted by atomic mass is 10.2. The fraction of sp³-hybridized carbons (Fsp3) is 1.00. The molecule has 0 aliphatic heterocycles. The Kier molecular flexibility index (Phi) is 9.37. The van der Waals surface area contributed by atoms with Gasteiger partial charge in [0.25, 0.3) is 0 Å². The molecule has 0 saturated heterocycles. The summed E-state index contributed by atoms with van der Waals surface area (Å²) < 4.78 is 18.3. The lowest BCUT2D eigenvalue weighted by Crippen LogP contribution is -2.00. The van der Waals surface area contributed by atoms with Crippen molar-refractivity contribution in [3.8, 4) is 0 Å². The van der Waals surface area contributed by atoms with E-state index in [-0.39, 0.29) is 0 Å². The molecule has 0 unspecified atom stereocenters. The highest BCUT2D eigenvalue weighted by molar-refractivity contribution is 8.89. The number of hydrogen-bond acceptors (Lipinski definition) is 4. The van der Waals surface area contributed by atoms with Gasteiger partial charge in [-0.15, -0.1) is 0 Å². The van der Waals surface area contributed by atoms with Crippen LogP contribution >= 0.6 is 28.5 Å². The molecule has 0 aromatic rings. The van der Waals surface area contributed by atoms with Crippen LogP contribution in [0.3, 0.4) is 0 Å². The zero-order valence-corrected chi connectivity index (χ0v) is 14.5. The summed E-state index contributed by atoms with van der Waals surface area (Å²) in [5.74, 6) is 0.795. The summed E-state index contributed by atoms with van der Waals surface area (Å²) in [6.45, 7) is 13.3. The van der Waals surface area contributed by atoms with Gasteiger partial charge in [0, 0.05) is 11.5 Å². The molecular weight excluding hydrogens is 271 g/mol. The van der Waals surface area contributed by atoms with Crippen LogP contribution in [-0.4, -0.2) is 18.1 Å². The highest BCUT2D eigenvalue weighted by atomic mass is 33.1. The first-order valence-electron chi connectivity index (χ1n) is 6.29. The molecule has 0 aromatic heterocycles. The molecule has 2 nitrogen and oxygen atoms in total. The highest BCUT2D eigenvalue weighted by Gasteiger charge is 2.26. The second-order valence-electron chi connectivity index (χ2n) is 5.52. The SMILES string of the molecule is CC(C)COP(=O)(SCC(C)C)SCC(C)C. The van der Waals surface area contributed by atoms with E-state index in [4.69, 9.17) is 4.52 Å². The quantitative estimate of drug-likeness (QED) is 0.522. The first-order chi connectivity index (χ1) is 7.75. The van der Waals surface area contributed by atoms with Crippen LogP contribution in [0.1, 0.15) is 41.5 Å². The van der Waals surface area contributed by atoms with Crippen LogP contribution in [0.15, 0.2) is 0 Å². The van der Waals surface area contributed by atoms with E-state index >= 15 is 0 Å². The maximum Gasteiger partial charge on any atom is 0.313 e. The molecule has 0 N–H and O–H groups in total. The van der Waals surface area contributed by atoms with Crippen LogP contribution in [0.5, 0.6) is 0 Å². The summed E-state index contributed by atoms with van der Waals surface area (Å²) in [5.41, 5.74) is 0. The van der Waals surface area contributed by atoms with E-state index in [1.165, 1.54) is 22.8 Å². The Labute approximate surface area is 115 Å². The minimum atomic E-state index is -2.55. The molecule has 0 aromatic carbocycles. The molecule has 0 radical (unpaired) electrons. The van der Waals surface area contributed by atoms with E-state index in [1.807, 2.05) is 0 Å². The van der Waals surface area contributed by atoms with Crippen molar-refractivity contribution in [2.24, 2.45) is 17.8 Å². The first kappa shape index (κ1) is 17.9. The largest absolute Gasteiger partial charge is 0.313 e. The zero-order valence-electron chi connectivity index (χ0n) is 11.9. The Morgan fingerprint density at radius 2 is 1.29 bits per heavy atom. The van der Waals surface area contributed by atoms with Gasteiger partial charge in [-0.2, -0.15) is 0 Å². The smallest absolute Gasteiger partial charge is 0.313 e. The van der Waals surface area contributed by atoms with Crippen molar-refractivity contribution >= 4 is 28.5 Å². The molecule has 0 spiro atoms. The van der Waals surface area contributed by atoms with Crippen molar-refractivity contribution < 1.29 is 9.09 Å². The molecule has 0 bridgehead atoms. The van der Waals surface area contributed by atoms with E-state index in [0.717, 1.165) is 11.5 Å².